The van der Waals surface area contributed by atoms with Gasteiger partial charge in [0, 0.05) is 0 Å². The van der Waals surface area contributed by atoms with Gasteiger partial charge in [-0.15, -0.1) is 0 Å². The molecule has 0 aliphatic heterocycles. The van der Waals surface area contributed by atoms with Gasteiger partial charge in [0.1, 0.15) is 0 Å². The number of rotatable bonds is 9. The molecule has 1 heteroatoms. The molecule has 0 spiro atoms. The third-order valence-corrected chi connectivity index (χ3v) is 3.20. The Labute approximate surface area is 113 Å². The van der Waals surface area contributed by atoms with Crippen LogP contribution in [0.15, 0.2) is 34.9 Å². The Hall–Kier alpha value is -0.820. The molecule has 18 heavy (non-hydrogen) atoms. The summed E-state index contributed by atoms with van der Waals surface area (Å²) in [6.45, 7) is 8.87. The number of allylic oxidation sites excluding steroid dienone is 5. The van der Waals surface area contributed by atoms with Gasteiger partial charge in [-0.1, -0.05) is 48.8 Å². The van der Waals surface area contributed by atoms with Crippen molar-refractivity contribution in [2.75, 3.05) is 6.61 Å². The van der Waals surface area contributed by atoms with E-state index in [1.807, 2.05) is 6.08 Å². The van der Waals surface area contributed by atoms with E-state index in [0.717, 1.165) is 32.1 Å². The van der Waals surface area contributed by atoms with Crippen molar-refractivity contribution in [1.82, 2.24) is 0 Å². The molecule has 0 aromatic carbocycles. The highest BCUT2D eigenvalue weighted by molar-refractivity contribution is 5.08. The fraction of sp³-hybridized carbons (Fsp3) is 0.647. The Balaban J connectivity index is 4.11. The zero-order valence-electron chi connectivity index (χ0n) is 12.6. The first-order chi connectivity index (χ1) is 8.63. The quantitative estimate of drug-likeness (QED) is 0.559. The molecule has 0 amide bonds. The van der Waals surface area contributed by atoms with Crippen LogP contribution >= 0.6 is 0 Å². The highest BCUT2D eigenvalue weighted by Gasteiger charge is 1.96. The van der Waals surface area contributed by atoms with Crippen LogP contribution in [0, 0.1) is 0 Å². The Morgan fingerprint density at radius 2 is 1.33 bits per heavy atom. The first-order valence-corrected chi connectivity index (χ1v) is 7.24. The lowest BCUT2D eigenvalue weighted by Gasteiger charge is -2.05. The van der Waals surface area contributed by atoms with E-state index in [4.69, 9.17) is 5.11 Å². The van der Waals surface area contributed by atoms with Gasteiger partial charge in [-0.25, -0.2) is 0 Å². The lowest BCUT2D eigenvalue weighted by molar-refractivity contribution is 0.341. The molecule has 1 nitrogen and oxygen atoms in total. The average molecular weight is 250 g/mol. The van der Waals surface area contributed by atoms with Crippen LogP contribution < -0.4 is 0 Å². The summed E-state index contributed by atoms with van der Waals surface area (Å²) < 4.78 is 0. The fourth-order valence-electron chi connectivity index (χ4n) is 1.98. The van der Waals surface area contributed by atoms with Crippen LogP contribution in [0.5, 0.6) is 0 Å². The van der Waals surface area contributed by atoms with Crippen molar-refractivity contribution in [3.05, 3.63) is 34.9 Å². The van der Waals surface area contributed by atoms with Crippen LogP contribution in [0.25, 0.3) is 0 Å². The molecule has 0 radical (unpaired) electrons. The van der Waals surface area contributed by atoms with Gasteiger partial charge < -0.3 is 5.11 Å². The predicted molar refractivity (Wildman–Crippen MR) is 81.7 cm³/mol. The molecule has 104 valence electrons. The molecule has 0 fully saturated rings. The third-order valence-electron chi connectivity index (χ3n) is 3.20. The van der Waals surface area contributed by atoms with Crippen LogP contribution in [0.3, 0.4) is 0 Å². The molecular formula is C17H30O. The highest BCUT2D eigenvalue weighted by Crippen LogP contribution is 2.15. The summed E-state index contributed by atoms with van der Waals surface area (Å²) in [4.78, 5) is 0. The molecule has 0 aromatic heterocycles. The zero-order chi connectivity index (χ0) is 13.8. The second kappa shape index (κ2) is 11.3. The second-order valence-corrected chi connectivity index (χ2v) is 4.97. The third kappa shape index (κ3) is 9.23. The van der Waals surface area contributed by atoms with E-state index in [2.05, 4.69) is 39.8 Å². The van der Waals surface area contributed by atoms with Gasteiger partial charge in [0.15, 0.2) is 0 Å². The molecule has 0 aromatic rings. The maximum absolute atomic E-state index is 8.89. The van der Waals surface area contributed by atoms with E-state index < -0.39 is 0 Å². The summed E-state index contributed by atoms with van der Waals surface area (Å²) in [5, 5.41) is 8.89. The minimum atomic E-state index is 0.175. The zero-order valence-corrected chi connectivity index (χ0v) is 12.6. The van der Waals surface area contributed by atoms with Crippen molar-refractivity contribution in [1.29, 1.82) is 0 Å². The van der Waals surface area contributed by atoms with E-state index in [1.165, 1.54) is 17.6 Å². The van der Waals surface area contributed by atoms with Crippen LogP contribution in [0.2, 0.25) is 0 Å². The molecule has 1 N–H and O–H groups in total. The molecular weight excluding hydrogens is 220 g/mol. The van der Waals surface area contributed by atoms with Crippen LogP contribution in [0.4, 0.5) is 0 Å². The summed E-state index contributed by atoms with van der Waals surface area (Å²) >= 11 is 0. The lowest BCUT2D eigenvalue weighted by atomic mass is 10.0. The monoisotopic (exact) mass is 250 g/mol. The van der Waals surface area contributed by atoms with E-state index in [1.54, 1.807) is 5.57 Å². The first kappa shape index (κ1) is 17.2. The van der Waals surface area contributed by atoms with Crippen molar-refractivity contribution < 1.29 is 5.11 Å². The summed E-state index contributed by atoms with van der Waals surface area (Å²) in [5.41, 5.74) is 4.34. The van der Waals surface area contributed by atoms with Crippen molar-refractivity contribution >= 4 is 0 Å². The summed E-state index contributed by atoms with van der Waals surface area (Å²) in [7, 11) is 0. The Bertz CT molecular complexity index is 291. The number of aliphatic hydroxyl groups is 1. The van der Waals surface area contributed by atoms with E-state index in [-0.39, 0.29) is 6.61 Å². The van der Waals surface area contributed by atoms with Gasteiger partial charge in [0.2, 0.25) is 0 Å². The van der Waals surface area contributed by atoms with Gasteiger partial charge in [0.05, 0.1) is 6.61 Å². The molecule has 0 saturated heterocycles. The summed E-state index contributed by atoms with van der Waals surface area (Å²) in [5.74, 6) is 0. The van der Waals surface area contributed by atoms with Gasteiger partial charge in [-0.2, -0.15) is 0 Å². The second-order valence-electron chi connectivity index (χ2n) is 4.97. The minimum absolute atomic E-state index is 0.175. The van der Waals surface area contributed by atoms with Gasteiger partial charge in [0.25, 0.3) is 0 Å². The highest BCUT2D eigenvalue weighted by atomic mass is 16.2. The van der Waals surface area contributed by atoms with Crippen molar-refractivity contribution in [2.45, 2.75) is 66.2 Å². The largest absolute Gasteiger partial charge is 0.392 e. The van der Waals surface area contributed by atoms with Crippen LogP contribution in [0.1, 0.15) is 66.2 Å². The molecule has 0 aliphatic rings. The maximum Gasteiger partial charge on any atom is 0.0615 e. The van der Waals surface area contributed by atoms with E-state index in [9.17, 15) is 0 Å². The first-order valence-electron chi connectivity index (χ1n) is 7.24. The molecule has 0 heterocycles. The Morgan fingerprint density at radius 1 is 0.833 bits per heavy atom. The van der Waals surface area contributed by atoms with Crippen molar-refractivity contribution in [2.24, 2.45) is 0 Å². The van der Waals surface area contributed by atoms with E-state index in [0.29, 0.717) is 0 Å². The topological polar surface area (TPSA) is 20.2 Å². The molecule has 0 unspecified atom stereocenters. The molecule has 0 rings (SSSR count). The SMILES string of the molecule is CCC(=CCO)CCC=C(CC)CCC=C(C)C. The van der Waals surface area contributed by atoms with Gasteiger partial charge >= 0.3 is 0 Å². The summed E-state index contributed by atoms with van der Waals surface area (Å²) in [6, 6.07) is 0. The summed E-state index contributed by atoms with van der Waals surface area (Å²) in [6.07, 6.45) is 13.4. The standard InChI is InChI=1S/C17H30O/c1-5-16(10-7-9-15(3)4)11-8-12-17(6-2)13-14-18/h9,11,13,18H,5-8,10,12,14H2,1-4H3. The number of hydrogen-bond acceptors (Lipinski definition) is 1. The van der Waals surface area contributed by atoms with Gasteiger partial charge in [-0.05, 0) is 52.4 Å². The Kier molecular flexibility index (Phi) is 10.8. The fourth-order valence-corrected chi connectivity index (χ4v) is 1.98. The predicted octanol–water partition coefficient (Wildman–Crippen LogP) is 5.18. The minimum Gasteiger partial charge on any atom is -0.392 e. The lowest BCUT2D eigenvalue weighted by Crippen LogP contribution is -1.86. The molecule has 0 saturated carbocycles. The van der Waals surface area contributed by atoms with E-state index >= 15 is 0 Å². The molecule has 0 aliphatic carbocycles. The average Bonchev–Trinajstić information content (AvgIpc) is 2.35. The number of hydrogen-bond donors (Lipinski definition) is 1. The molecule has 0 bridgehead atoms. The Morgan fingerprint density at radius 3 is 1.78 bits per heavy atom. The number of aliphatic hydroxyl groups excluding tert-OH is 1. The normalized spacial score (nSPS) is 12.7. The van der Waals surface area contributed by atoms with Gasteiger partial charge in [-0.3, -0.25) is 0 Å². The van der Waals surface area contributed by atoms with Crippen molar-refractivity contribution in [3.63, 3.8) is 0 Å². The smallest absolute Gasteiger partial charge is 0.0615 e. The van der Waals surface area contributed by atoms with Crippen LogP contribution in [-0.2, 0) is 0 Å². The van der Waals surface area contributed by atoms with Crippen LogP contribution in [-0.4, -0.2) is 11.7 Å². The van der Waals surface area contributed by atoms with Crippen molar-refractivity contribution in [3.8, 4) is 0 Å². The molecule has 0 atom stereocenters. The maximum atomic E-state index is 8.89.